The third kappa shape index (κ3) is 4.49. The summed E-state index contributed by atoms with van der Waals surface area (Å²) in [5.74, 6) is -0.186. The number of amides is 1. The Hall–Kier alpha value is -2.91. The molecular weight excluding hydrogens is 344 g/mol. The van der Waals surface area contributed by atoms with Crippen molar-refractivity contribution in [3.05, 3.63) is 108 Å². The second-order valence-corrected chi connectivity index (χ2v) is 7.47. The zero-order valence-corrected chi connectivity index (χ0v) is 16.0. The average molecular weight is 370 g/mol. The van der Waals surface area contributed by atoms with Crippen LogP contribution in [0.2, 0.25) is 0 Å². The van der Waals surface area contributed by atoms with Crippen LogP contribution in [0, 0.1) is 0 Å². The van der Waals surface area contributed by atoms with E-state index >= 15 is 0 Å². The average Bonchev–Trinajstić information content (AvgIpc) is 3.17. The third-order valence-electron chi connectivity index (χ3n) is 5.40. The minimum absolute atomic E-state index is 0.0870. The SMILES string of the molecule is O=C(NC1CCN(Cc2ccccc2)C1)C(c1ccccc1)c1ccccc1. The predicted octanol–water partition coefficient (Wildman–Crippen LogP) is 4.21. The summed E-state index contributed by atoms with van der Waals surface area (Å²) in [5.41, 5.74) is 3.39. The standard InChI is InChI=1S/C25H26N2O/c28-25(24(21-12-6-2-7-13-21)22-14-8-3-9-15-22)26-23-16-17-27(19-23)18-20-10-4-1-5-11-20/h1-15,23-24H,16-19H2,(H,26,28). The second kappa shape index (κ2) is 8.85. The normalized spacial score (nSPS) is 17.0. The number of hydrogen-bond acceptors (Lipinski definition) is 2. The molecule has 1 fully saturated rings. The number of carbonyl (C=O) groups is 1. The van der Waals surface area contributed by atoms with Crippen LogP contribution in [-0.2, 0) is 11.3 Å². The summed E-state index contributed by atoms with van der Waals surface area (Å²) < 4.78 is 0. The zero-order valence-electron chi connectivity index (χ0n) is 16.0. The van der Waals surface area contributed by atoms with E-state index in [-0.39, 0.29) is 17.9 Å². The van der Waals surface area contributed by atoms with Crippen molar-refractivity contribution < 1.29 is 4.79 Å². The maximum Gasteiger partial charge on any atom is 0.232 e. The number of carbonyl (C=O) groups excluding carboxylic acids is 1. The minimum Gasteiger partial charge on any atom is -0.351 e. The van der Waals surface area contributed by atoms with Crippen LogP contribution in [0.3, 0.4) is 0 Å². The maximum absolute atomic E-state index is 13.2. The van der Waals surface area contributed by atoms with Gasteiger partial charge in [0.15, 0.2) is 0 Å². The highest BCUT2D eigenvalue weighted by Crippen LogP contribution is 2.25. The first kappa shape index (κ1) is 18.5. The molecule has 0 bridgehead atoms. The molecule has 0 spiro atoms. The summed E-state index contributed by atoms with van der Waals surface area (Å²) in [4.78, 5) is 15.7. The molecule has 3 aromatic carbocycles. The molecule has 1 aliphatic rings. The first-order valence-electron chi connectivity index (χ1n) is 9.96. The van der Waals surface area contributed by atoms with E-state index in [1.54, 1.807) is 0 Å². The molecule has 142 valence electrons. The van der Waals surface area contributed by atoms with Gasteiger partial charge in [0.05, 0.1) is 5.92 Å². The van der Waals surface area contributed by atoms with E-state index in [4.69, 9.17) is 0 Å². The van der Waals surface area contributed by atoms with Gasteiger partial charge >= 0.3 is 0 Å². The summed E-state index contributed by atoms with van der Waals surface area (Å²) in [7, 11) is 0. The Kier molecular flexibility index (Phi) is 5.83. The lowest BCUT2D eigenvalue weighted by molar-refractivity contribution is -0.122. The highest BCUT2D eigenvalue weighted by atomic mass is 16.2. The van der Waals surface area contributed by atoms with Crippen LogP contribution in [0.4, 0.5) is 0 Å². The molecule has 28 heavy (non-hydrogen) atoms. The van der Waals surface area contributed by atoms with Gasteiger partial charge in [0.25, 0.3) is 0 Å². The first-order chi connectivity index (χ1) is 13.8. The highest BCUT2D eigenvalue weighted by molar-refractivity contribution is 5.87. The summed E-state index contributed by atoms with van der Waals surface area (Å²) in [6, 6.07) is 30.8. The Bertz CT molecular complexity index is 841. The van der Waals surface area contributed by atoms with Crippen molar-refractivity contribution in [2.75, 3.05) is 13.1 Å². The smallest absolute Gasteiger partial charge is 0.232 e. The summed E-state index contributed by atoms with van der Waals surface area (Å²) in [6.45, 7) is 2.85. The van der Waals surface area contributed by atoms with E-state index < -0.39 is 0 Å². The number of rotatable bonds is 6. The van der Waals surface area contributed by atoms with Crippen LogP contribution in [0.15, 0.2) is 91.0 Å². The first-order valence-corrected chi connectivity index (χ1v) is 9.96. The highest BCUT2D eigenvalue weighted by Gasteiger charge is 2.28. The van der Waals surface area contributed by atoms with Gasteiger partial charge in [-0.2, -0.15) is 0 Å². The zero-order chi connectivity index (χ0) is 19.2. The molecule has 0 radical (unpaired) electrons. The van der Waals surface area contributed by atoms with Crippen molar-refractivity contribution in [1.82, 2.24) is 10.2 Å². The largest absolute Gasteiger partial charge is 0.351 e. The maximum atomic E-state index is 13.2. The summed E-state index contributed by atoms with van der Waals surface area (Å²) >= 11 is 0. The van der Waals surface area contributed by atoms with Crippen molar-refractivity contribution in [2.45, 2.75) is 24.9 Å². The lowest BCUT2D eigenvalue weighted by atomic mass is 9.90. The molecule has 1 aliphatic heterocycles. The van der Waals surface area contributed by atoms with Gasteiger partial charge in [-0.15, -0.1) is 0 Å². The molecule has 0 saturated carbocycles. The van der Waals surface area contributed by atoms with E-state index in [1.165, 1.54) is 5.56 Å². The summed E-state index contributed by atoms with van der Waals surface area (Å²) in [6.07, 6.45) is 0.995. The van der Waals surface area contributed by atoms with Crippen LogP contribution in [0.25, 0.3) is 0 Å². The topological polar surface area (TPSA) is 32.3 Å². The second-order valence-electron chi connectivity index (χ2n) is 7.47. The van der Waals surface area contributed by atoms with Gasteiger partial charge in [0.1, 0.15) is 0 Å². The lowest BCUT2D eigenvalue weighted by Crippen LogP contribution is -2.40. The van der Waals surface area contributed by atoms with Crippen molar-refractivity contribution >= 4 is 5.91 Å². The number of nitrogens with zero attached hydrogens (tertiary/aromatic N) is 1. The lowest BCUT2D eigenvalue weighted by Gasteiger charge is -2.21. The minimum atomic E-state index is -0.273. The third-order valence-corrected chi connectivity index (χ3v) is 5.40. The van der Waals surface area contributed by atoms with Crippen LogP contribution >= 0.6 is 0 Å². The van der Waals surface area contributed by atoms with Gasteiger partial charge in [-0.3, -0.25) is 9.69 Å². The Balaban J connectivity index is 1.44. The Morgan fingerprint density at radius 2 is 1.39 bits per heavy atom. The van der Waals surface area contributed by atoms with Crippen molar-refractivity contribution in [1.29, 1.82) is 0 Å². The van der Waals surface area contributed by atoms with Gasteiger partial charge in [-0.25, -0.2) is 0 Å². The van der Waals surface area contributed by atoms with E-state index in [1.807, 2.05) is 66.7 Å². The molecule has 4 rings (SSSR count). The number of nitrogens with one attached hydrogen (secondary N) is 1. The van der Waals surface area contributed by atoms with Crippen molar-refractivity contribution in [2.24, 2.45) is 0 Å². The molecule has 1 atom stereocenters. The van der Waals surface area contributed by atoms with E-state index in [0.29, 0.717) is 0 Å². The molecule has 3 aromatic rings. The van der Waals surface area contributed by atoms with Crippen molar-refractivity contribution in [3.8, 4) is 0 Å². The molecule has 1 N–H and O–H groups in total. The van der Waals surface area contributed by atoms with E-state index in [9.17, 15) is 4.79 Å². The molecule has 1 unspecified atom stereocenters. The van der Waals surface area contributed by atoms with Crippen LogP contribution < -0.4 is 5.32 Å². The molecule has 3 nitrogen and oxygen atoms in total. The molecule has 1 saturated heterocycles. The number of benzene rings is 3. The molecule has 1 amide bonds. The predicted molar refractivity (Wildman–Crippen MR) is 113 cm³/mol. The molecular formula is C25H26N2O. The fourth-order valence-corrected chi connectivity index (χ4v) is 4.01. The van der Waals surface area contributed by atoms with Gasteiger partial charge in [0, 0.05) is 25.7 Å². The van der Waals surface area contributed by atoms with Gasteiger partial charge < -0.3 is 5.32 Å². The van der Waals surface area contributed by atoms with Crippen LogP contribution in [-0.4, -0.2) is 29.9 Å². The Labute approximate surface area is 167 Å². The molecule has 0 aliphatic carbocycles. The van der Waals surface area contributed by atoms with E-state index in [2.05, 4.69) is 34.5 Å². The summed E-state index contributed by atoms with van der Waals surface area (Å²) in [5, 5.41) is 3.31. The fourth-order valence-electron chi connectivity index (χ4n) is 4.01. The quantitative estimate of drug-likeness (QED) is 0.705. The number of likely N-dealkylation sites (tertiary alicyclic amines) is 1. The monoisotopic (exact) mass is 370 g/mol. The Morgan fingerprint density at radius 1 is 0.857 bits per heavy atom. The van der Waals surface area contributed by atoms with E-state index in [0.717, 1.165) is 37.2 Å². The van der Waals surface area contributed by atoms with Gasteiger partial charge in [-0.1, -0.05) is 91.0 Å². The Morgan fingerprint density at radius 3 is 1.96 bits per heavy atom. The van der Waals surface area contributed by atoms with Crippen LogP contribution in [0.1, 0.15) is 29.0 Å². The number of hydrogen-bond donors (Lipinski definition) is 1. The van der Waals surface area contributed by atoms with Crippen molar-refractivity contribution in [3.63, 3.8) is 0 Å². The molecule has 1 heterocycles. The van der Waals surface area contributed by atoms with Gasteiger partial charge in [-0.05, 0) is 23.1 Å². The molecule has 0 aromatic heterocycles. The fraction of sp³-hybridized carbons (Fsp3) is 0.240. The van der Waals surface area contributed by atoms with Gasteiger partial charge in [0.2, 0.25) is 5.91 Å². The van der Waals surface area contributed by atoms with Crippen LogP contribution in [0.5, 0.6) is 0 Å². The molecule has 3 heteroatoms.